The second-order valence-corrected chi connectivity index (χ2v) is 4.19. The standard InChI is InChI=1S/C12H11F4N3/c1-5-3-4-7(13)10-8(5)9(19-17)6(2)11(18-10)12(14,15)16/h3-4H,17H2,1-2H3,(H,18,19). The van der Waals surface area contributed by atoms with Crippen LogP contribution in [0.25, 0.3) is 10.9 Å². The highest BCUT2D eigenvalue weighted by molar-refractivity contribution is 5.96. The van der Waals surface area contributed by atoms with Crippen molar-refractivity contribution in [2.75, 3.05) is 5.43 Å². The molecule has 0 fully saturated rings. The first-order valence-corrected chi connectivity index (χ1v) is 5.40. The second kappa shape index (κ2) is 4.34. The van der Waals surface area contributed by atoms with Gasteiger partial charge in [0.05, 0.1) is 5.69 Å². The molecule has 7 heteroatoms. The second-order valence-electron chi connectivity index (χ2n) is 4.19. The molecule has 0 atom stereocenters. The molecule has 1 aromatic carbocycles. The molecule has 0 aliphatic rings. The lowest BCUT2D eigenvalue weighted by Gasteiger charge is -2.17. The minimum Gasteiger partial charge on any atom is -0.323 e. The van der Waals surface area contributed by atoms with Gasteiger partial charge in [0, 0.05) is 10.9 Å². The maximum absolute atomic E-state index is 13.7. The number of hydrazine groups is 1. The molecule has 0 spiro atoms. The number of rotatable bonds is 1. The number of anilines is 1. The Kier molecular flexibility index (Phi) is 3.09. The number of nitrogens with zero attached hydrogens (tertiary/aromatic N) is 1. The Labute approximate surface area is 106 Å². The summed E-state index contributed by atoms with van der Waals surface area (Å²) < 4.78 is 52.3. The van der Waals surface area contributed by atoms with Crippen LogP contribution >= 0.6 is 0 Å². The summed E-state index contributed by atoms with van der Waals surface area (Å²) in [5.74, 6) is 4.46. The van der Waals surface area contributed by atoms with Crippen LogP contribution in [0.5, 0.6) is 0 Å². The first-order valence-electron chi connectivity index (χ1n) is 5.40. The molecule has 0 aliphatic carbocycles. The summed E-state index contributed by atoms with van der Waals surface area (Å²) in [7, 11) is 0. The molecule has 3 nitrogen and oxygen atoms in total. The Balaban J connectivity index is 2.99. The van der Waals surface area contributed by atoms with Crippen molar-refractivity contribution < 1.29 is 17.6 Å². The van der Waals surface area contributed by atoms with Crippen molar-refractivity contribution in [2.24, 2.45) is 5.84 Å². The molecule has 0 unspecified atom stereocenters. The topological polar surface area (TPSA) is 50.9 Å². The van der Waals surface area contributed by atoms with E-state index in [1.165, 1.54) is 13.0 Å². The highest BCUT2D eigenvalue weighted by Gasteiger charge is 2.36. The Morgan fingerprint density at radius 2 is 1.84 bits per heavy atom. The molecule has 0 radical (unpaired) electrons. The predicted octanol–water partition coefficient (Wildman–Crippen LogP) is 3.30. The molecule has 1 aromatic heterocycles. The molecule has 0 aliphatic heterocycles. The van der Waals surface area contributed by atoms with Crippen LogP contribution in [0.3, 0.4) is 0 Å². The molecule has 3 N–H and O–H groups in total. The van der Waals surface area contributed by atoms with E-state index in [4.69, 9.17) is 5.84 Å². The van der Waals surface area contributed by atoms with Gasteiger partial charge in [0.1, 0.15) is 17.0 Å². The van der Waals surface area contributed by atoms with E-state index < -0.39 is 17.7 Å². The molecular formula is C12H11F4N3. The van der Waals surface area contributed by atoms with Crippen LogP contribution in [0.2, 0.25) is 0 Å². The number of pyridine rings is 1. The summed E-state index contributed by atoms with van der Waals surface area (Å²) in [5.41, 5.74) is 1.20. The van der Waals surface area contributed by atoms with Gasteiger partial charge in [0.2, 0.25) is 0 Å². The van der Waals surface area contributed by atoms with Gasteiger partial charge in [-0.1, -0.05) is 6.07 Å². The van der Waals surface area contributed by atoms with Crippen LogP contribution in [0.1, 0.15) is 16.8 Å². The molecule has 0 saturated carbocycles. The van der Waals surface area contributed by atoms with E-state index in [9.17, 15) is 17.6 Å². The Morgan fingerprint density at radius 1 is 1.21 bits per heavy atom. The van der Waals surface area contributed by atoms with E-state index in [2.05, 4.69) is 10.4 Å². The van der Waals surface area contributed by atoms with Crippen molar-refractivity contribution >= 4 is 16.6 Å². The highest BCUT2D eigenvalue weighted by atomic mass is 19.4. The smallest absolute Gasteiger partial charge is 0.323 e. The molecule has 2 rings (SSSR count). The third-order valence-corrected chi connectivity index (χ3v) is 2.95. The third kappa shape index (κ3) is 2.10. The van der Waals surface area contributed by atoms with Crippen LogP contribution in [0.4, 0.5) is 23.2 Å². The minimum absolute atomic E-state index is 0.0364. The number of nitrogens with one attached hydrogen (secondary N) is 1. The average Bonchev–Trinajstić information content (AvgIpc) is 2.32. The Bertz CT molecular complexity index is 650. The van der Waals surface area contributed by atoms with E-state index in [0.717, 1.165) is 6.07 Å². The zero-order valence-electron chi connectivity index (χ0n) is 10.2. The van der Waals surface area contributed by atoms with Crippen LogP contribution in [-0.2, 0) is 6.18 Å². The van der Waals surface area contributed by atoms with Gasteiger partial charge in [-0.25, -0.2) is 9.37 Å². The van der Waals surface area contributed by atoms with E-state index in [1.54, 1.807) is 6.92 Å². The Hall–Kier alpha value is -1.89. The maximum atomic E-state index is 13.7. The average molecular weight is 273 g/mol. The quantitative estimate of drug-likeness (QED) is 0.476. The van der Waals surface area contributed by atoms with Gasteiger partial charge in [0.25, 0.3) is 0 Å². The number of nitrogen functional groups attached to an aromatic ring is 1. The van der Waals surface area contributed by atoms with Crippen molar-refractivity contribution in [2.45, 2.75) is 20.0 Å². The van der Waals surface area contributed by atoms with Crippen LogP contribution in [0, 0.1) is 19.7 Å². The number of aryl methyl sites for hydroxylation is 1. The number of hydrogen-bond donors (Lipinski definition) is 2. The summed E-state index contributed by atoms with van der Waals surface area (Å²) >= 11 is 0. The fourth-order valence-corrected chi connectivity index (χ4v) is 2.05. The molecule has 0 amide bonds. The summed E-state index contributed by atoms with van der Waals surface area (Å²) in [6.07, 6.45) is -4.67. The maximum Gasteiger partial charge on any atom is 0.433 e. The van der Waals surface area contributed by atoms with E-state index >= 15 is 0 Å². The number of hydrogen-bond acceptors (Lipinski definition) is 3. The number of aromatic nitrogens is 1. The van der Waals surface area contributed by atoms with Gasteiger partial charge in [-0.3, -0.25) is 5.84 Å². The largest absolute Gasteiger partial charge is 0.433 e. The van der Waals surface area contributed by atoms with Crippen molar-refractivity contribution in [1.29, 1.82) is 0 Å². The zero-order chi connectivity index (χ0) is 14.4. The third-order valence-electron chi connectivity index (χ3n) is 2.95. The molecular weight excluding hydrogens is 262 g/mol. The fraction of sp³-hybridized carbons (Fsp3) is 0.250. The normalized spacial score (nSPS) is 11.9. The van der Waals surface area contributed by atoms with Crippen LogP contribution in [-0.4, -0.2) is 4.98 Å². The predicted molar refractivity (Wildman–Crippen MR) is 64.0 cm³/mol. The van der Waals surface area contributed by atoms with Crippen molar-refractivity contribution in [3.63, 3.8) is 0 Å². The zero-order valence-corrected chi connectivity index (χ0v) is 10.2. The summed E-state index contributed by atoms with van der Waals surface area (Å²) in [4.78, 5) is 3.42. The molecule has 0 saturated heterocycles. The summed E-state index contributed by atoms with van der Waals surface area (Å²) in [5, 5.41) is 0.257. The number of nitrogens with two attached hydrogens (primary N) is 1. The van der Waals surface area contributed by atoms with Gasteiger partial charge in [0.15, 0.2) is 0 Å². The van der Waals surface area contributed by atoms with Crippen LogP contribution in [0.15, 0.2) is 12.1 Å². The number of alkyl halides is 3. The van der Waals surface area contributed by atoms with Gasteiger partial charge in [-0.15, -0.1) is 0 Å². The first kappa shape index (κ1) is 13.5. The number of benzene rings is 1. The minimum atomic E-state index is -4.67. The number of halogens is 4. The van der Waals surface area contributed by atoms with Gasteiger partial charge >= 0.3 is 6.18 Å². The summed E-state index contributed by atoms with van der Waals surface area (Å²) in [6, 6.07) is 2.55. The highest BCUT2D eigenvalue weighted by Crippen LogP contribution is 2.38. The molecule has 2 aromatic rings. The fourth-order valence-electron chi connectivity index (χ4n) is 2.05. The molecule has 19 heavy (non-hydrogen) atoms. The van der Waals surface area contributed by atoms with E-state index in [-0.39, 0.29) is 22.2 Å². The van der Waals surface area contributed by atoms with Gasteiger partial charge < -0.3 is 5.43 Å². The lowest BCUT2D eigenvalue weighted by Crippen LogP contribution is -2.16. The van der Waals surface area contributed by atoms with Crippen molar-refractivity contribution in [3.05, 3.63) is 34.8 Å². The summed E-state index contributed by atoms with van der Waals surface area (Å²) in [6.45, 7) is 2.89. The van der Waals surface area contributed by atoms with E-state index in [0.29, 0.717) is 5.56 Å². The first-order chi connectivity index (χ1) is 8.77. The number of fused-ring (bicyclic) bond motifs is 1. The van der Waals surface area contributed by atoms with Crippen molar-refractivity contribution in [3.8, 4) is 0 Å². The molecule has 102 valence electrons. The van der Waals surface area contributed by atoms with Gasteiger partial charge in [-0.2, -0.15) is 13.2 Å². The lowest BCUT2D eigenvalue weighted by molar-refractivity contribution is -0.141. The van der Waals surface area contributed by atoms with Crippen molar-refractivity contribution in [1.82, 2.24) is 4.98 Å². The Morgan fingerprint density at radius 3 is 2.37 bits per heavy atom. The molecule has 0 bridgehead atoms. The van der Waals surface area contributed by atoms with Gasteiger partial charge in [-0.05, 0) is 25.5 Å². The molecule has 1 heterocycles. The van der Waals surface area contributed by atoms with E-state index in [1.807, 2.05) is 0 Å². The van der Waals surface area contributed by atoms with Crippen LogP contribution < -0.4 is 11.3 Å². The SMILES string of the molecule is Cc1c(C(F)(F)F)nc2c(F)ccc(C)c2c1NN. The monoisotopic (exact) mass is 273 g/mol. The lowest BCUT2D eigenvalue weighted by atomic mass is 10.0.